The van der Waals surface area contributed by atoms with E-state index in [-0.39, 0.29) is 11.4 Å². The van der Waals surface area contributed by atoms with Crippen molar-refractivity contribution in [1.82, 2.24) is 10.2 Å². The van der Waals surface area contributed by atoms with Crippen molar-refractivity contribution in [3.63, 3.8) is 0 Å². The largest absolute Gasteiger partial charge is 0.508 e. The van der Waals surface area contributed by atoms with Crippen molar-refractivity contribution >= 4 is 29.5 Å². The molecule has 0 aromatic heterocycles. The lowest BCUT2D eigenvalue weighted by Crippen LogP contribution is -2.71. The normalized spacial score (nSPS) is 22.6. The van der Waals surface area contributed by atoms with E-state index in [1.807, 2.05) is 13.0 Å². The number of carboxylic acids is 1. The maximum absolute atomic E-state index is 12.6. The summed E-state index contributed by atoms with van der Waals surface area (Å²) in [5.74, 6) is -1.69. The highest BCUT2D eigenvalue weighted by Gasteiger charge is 2.54. The summed E-state index contributed by atoms with van der Waals surface area (Å²) in [5.41, 5.74) is 6.98. The van der Waals surface area contributed by atoms with Gasteiger partial charge in [-0.15, -0.1) is 11.8 Å². The number of fused-ring (bicyclic) bond motifs is 1. The number of benzene rings is 1. The third kappa shape index (κ3) is 3.63. The van der Waals surface area contributed by atoms with Gasteiger partial charge in [0.15, 0.2) is 0 Å². The first-order valence-corrected chi connectivity index (χ1v) is 9.82. The van der Waals surface area contributed by atoms with Crippen molar-refractivity contribution in [3.05, 3.63) is 53.3 Å². The van der Waals surface area contributed by atoms with E-state index in [0.717, 1.165) is 6.42 Å². The molecule has 1 saturated heterocycles. The summed E-state index contributed by atoms with van der Waals surface area (Å²) >= 11 is 1.40. The molecule has 3 unspecified atom stereocenters. The van der Waals surface area contributed by atoms with Crippen molar-refractivity contribution in [2.45, 2.75) is 30.8 Å². The van der Waals surface area contributed by atoms with Crippen molar-refractivity contribution in [2.75, 3.05) is 5.75 Å². The average Bonchev–Trinajstić information content (AvgIpc) is 2.69. The summed E-state index contributed by atoms with van der Waals surface area (Å²) in [6, 6.07) is 4.07. The number of aromatic hydroxyl groups is 1. The number of nitrogens with two attached hydrogens (primary N) is 1. The minimum Gasteiger partial charge on any atom is -0.508 e. The van der Waals surface area contributed by atoms with E-state index >= 15 is 0 Å². The standard InChI is InChI=1S/C19H21N3O5S/c1-2-3-4-11-9-28-18-14(17(25)22(18)15(11)19(26)27)21-16(24)13(20)10-5-7-12(23)8-6-10/h3-8,13-14,18,23H,2,9,20H2,1H3,(H,21,24)(H,26,27). The van der Waals surface area contributed by atoms with Crippen LogP contribution >= 0.6 is 11.8 Å². The minimum absolute atomic E-state index is 0.0354. The Balaban J connectivity index is 1.74. The van der Waals surface area contributed by atoms with Crippen molar-refractivity contribution in [2.24, 2.45) is 5.73 Å². The van der Waals surface area contributed by atoms with Crippen molar-refractivity contribution in [3.8, 4) is 5.75 Å². The predicted octanol–water partition coefficient (Wildman–Crippen LogP) is 1.10. The Labute approximate surface area is 166 Å². The van der Waals surface area contributed by atoms with Crippen molar-refractivity contribution < 1.29 is 24.6 Å². The topological polar surface area (TPSA) is 133 Å². The van der Waals surface area contributed by atoms with Crippen LogP contribution in [-0.2, 0) is 14.4 Å². The highest BCUT2D eigenvalue weighted by Crippen LogP contribution is 2.40. The fourth-order valence-corrected chi connectivity index (χ4v) is 4.43. The average molecular weight is 403 g/mol. The highest BCUT2D eigenvalue weighted by molar-refractivity contribution is 8.00. The van der Waals surface area contributed by atoms with Crippen LogP contribution in [0.1, 0.15) is 24.9 Å². The Kier molecular flexibility index (Phi) is 5.76. The van der Waals surface area contributed by atoms with E-state index in [0.29, 0.717) is 16.9 Å². The van der Waals surface area contributed by atoms with Crippen molar-refractivity contribution in [1.29, 1.82) is 0 Å². The van der Waals surface area contributed by atoms with Crippen LogP contribution in [-0.4, -0.2) is 50.1 Å². The molecule has 0 spiro atoms. The van der Waals surface area contributed by atoms with E-state index in [2.05, 4.69) is 5.32 Å². The molecule has 3 rings (SSSR count). The Morgan fingerprint density at radius 1 is 1.39 bits per heavy atom. The van der Waals surface area contributed by atoms with E-state index in [1.165, 1.54) is 40.9 Å². The second-order valence-corrected chi connectivity index (χ2v) is 7.56. The summed E-state index contributed by atoms with van der Waals surface area (Å²) in [4.78, 5) is 37.9. The van der Waals surface area contributed by atoms with Gasteiger partial charge in [-0.05, 0) is 29.7 Å². The number of allylic oxidation sites excluding steroid dienone is 2. The molecule has 2 heterocycles. The number of phenols is 1. The van der Waals surface area contributed by atoms with Crippen LogP contribution in [0.25, 0.3) is 0 Å². The minimum atomic E-state index is -1.17. The van der Waals surface area contributed by atoms with Gasteiger partial charge in [-0.1, -0.05) is 31.2 Å². The second-order valence-electron chi connectivity index (χ2n) is 6.45. The molecular formula is C19H21N3O5S. The molecule has 148 valence electrons. The molecule has 0 radical (unpaired) electrons. The molecule has 1 aromatic rings. The number of hydrogen-bond acceptors (Lipinski definition) is 6. The fraction of sp³-hybridized carbons (Fsp3) is 0.316. The molecule has 2 amide bonds. The van der Waals surface area contributed by atoms with Gasteiger partial charge in [-0.2, -0.15) is 0 Å². The summed E-state index contributed by atoms with van der Waals surface area (Å²) in [5, 5.41) is 21.0. The quantitative estimate of drug-likeness (QED) is 0.523. The van der Waals surface area contributed by atoms with E-state index in [4.69, 9.17) is 5.73 Å². The molecule has 8 nitrogen and oxygen atoms in total. The second kappa shape index (κ2) is 8.07. The van der Waals surface area contributed by atoms with Gasteiger partial charge in [0.25, 0.3) is 5.91 Å². The zero-order valence-corrected chi connectivity index (χ0v) is 16.0. The van der Waals surface area contributed by atoms with Crippen LogP contribution in [0.15, 0.2) is 47.7 Å². The van der Waals surface area contributed by atoms with Crippen LogP contribution < -0.4 is 11.1 Å². The number of thioether (sulfide) groups is 1. The van der Waals surface area contributed by atoms with Crippen LogP contribution in [0, 0.1) is 0 Å². The summed E-state index contributed by atoms with van der Waals surface area (Å²) in [7, 11) is 0. The van der Waals surface area contributed by atoms with Gasteiger partial charge < -0.3 is 21.3 Å². The Hall–Kier alpha value is -2.78. The van der Waals surface area contributed by atoms with Crippen LogP contribution in [0.3, 0.4) is 0 Å². The molecule has 0 saturated carbocycles. The van der Waals surface area contributed by atoms with Gasteiger partial charge in [0.05, 0.1) is 0 Å². The summed E-state index contributed by atoms with van der Waals surface area (Å²) < 4.78 is 0. The Morgan fingerprint density at radius 2 is 2.07 bits per heavy atom. The van der Waals surface area contributed by atoms with E-state index in [1.54, 1.807) is 6.08 Å². The van der Waals surface area contributed by atoms with Gasteiger partial charge in [0.1, 0.15) is 28.9 Å². The number of hydrogen-bond donors (Lipinski definition) is 4. The first-order chi connectivity index (χ1) is 13.3. The van der Waals surface area contributed by atoms with Crippen LogP contribution in [0.2, 0.25) is 0 Å². The molecule has 2 aliphatic heterocycles. The van der Waals surface area contributed by atoms with Crippen LogP contribution in [0.5, 0.6) is 5.75 Å². The molecule has 3 atom stereocenters. The van der Waals surface area contributed by atoms with E-state index in [9.17, 15) is 24.6 Å². The molecule has 28 heavy (non-hydrogen) atoms. The number of carbonyl (C=O) groups excluding carboxylic acids is 2. The van der Waals surface area contributed by atoms with Gasteiger partial charge in [0, 0.05) is 5.75 Å². The summed E-state index contributed by atoms with van der Waals surface area (Å²) in [6.07, 6.45) is 4.33. The highest BCUT2D eigenvalue weighted by atomic mass is 32.2. The third-order valence-corrected chi connectivity index (χ3v) is 5.89. The molecule has 5 N–H and O–H groups in total. The number of rotatable bonds is 6. The third-order valence-electron chi connectivity index (χ3n) is 4.59. The number of aliphatic carboxylic acids is 1. The summed E-state index contributed by atoms with van der Waals surface area (Å²) in [6.45, 7) is 1.94. The first-order valence-electron chi connectivity index (χ1n) is 8.77. The zero-order chi connectivity index (χ0) is 20.4. The zero-order valence-electron chi connectivity index (χ0n) is 15.2. The molecule has 1 aromatic carbocycles. The number of phenolic OH excluding ortho intramolecular Hbond substituents is 1. The number of β-lactam (4-membered cyclic amide) rings is 1. The Morgan fingerprint density at radius 3 is 2.68 bits per heavy atom. The maximum Gasteiger partial charge on any atom is 0.352 e. The van der Waals surface area contributed by atoms with Gasteiger partial charge in [-0.3, -0.25) is 14.5 Å². The molecule has 0 aliphatic carbocycles. The van der Waals surface area contributed by atoms with E-state index < -0.39 is 35.2 Å². The number of amides is 2. The molecule has 2 aliphatic rings. The predicted molar refractivity (Wildman–Crippen MR) is 104 cm³/mol. The molecule has 1 fully saturated rings. The van der Waals surface area contributed by atoms with Gasteiger partial charge in [-0.25, -0.2) is 4.79 Å². The molecular weight excluding hydrogens is 382 g/mol. The number of nitrogens with one attached hydrogen (secondary N) is 1. The number of carboxylic acid groups (broad SMARTS) is 1. The first kappa shape index (κ1) is 20.0. The monoisotopic (exact) mass is 403 g/mol. The SMILES string of the molecule is CCC=CC1=C(C(=O)O)N2C(=O)C(NC(=O)C(N)c3ccc(O)cc3)C2SC1. The lowest BCUT2D eigenvalue weighted by molar-refractivity contribution is -0.150. The molecule has 9 heteroatoms. The maximum atomic E-state index is 12.6. The number of carbonyl (C=O) groups is 3. The lowest BCUT2D eigenvalue weighted by atomic mass is 10.0. The van der Waals surface area contributed by atoms with Crippen LogP contribution in [0.4, 0.5) is 0 Å². The van der Waals surface area contributed by atoms with Gasteiger partial charge in [0.2, 0.25) is 5.91 Å². The number of nitrogens with zero attached hydrogens (tertiary/aromatic N) is 1. The van der Waals surface area contributed by atoms with Gasteiger partial charge >= 0.3 is 5.97 Å². The smallest absolute Gasteiger partial charge is 0.352 e. The fourth-order valence-electron chi connectivity index (χ4n) is 3.11. The lowest BCUT2D eigenvalue weighted by Gasteiger charge is -2.49. The Bertz CT molecular complexity index is 865. The molecule has 0 bridgehead atoms.